The molecular weight excluding hydrogens is 286 g/mol. The number of anilines is 1. The van der Waals surface area contributed by atoms with Crippen LogP contribution >= 0.6 is 11.7 Å². The molecule has 0 radical (unpaired) electrons. The topological polar surface area (TPSA) is 97.7 Å². The van der Waals surface area contributed by atoms with E-state index in [1.165, 1.54) is 18.5 Å². The maximum absolute atomic E-state index is 12.3. The van der Waals surface area contributed by atoms with Crippen molar-refractivity contribution < 1.29 is 8.42 Å². The van der Waals surface area contributed by atoms with Gasteiger partial charge >= 0.3 is 0 Å². The molecule has 1 aromatic carbocycles. The Morgan fingerprint density at radius 1 is 1.05 bits per heavy atom. The maximum atomic E-state index is 12.3. The number of rotatable bonds is 3. The van der Waals surface area contributed by atoms with Crippen molar-refractivity contribution in [3.63, 3.8) is 0 Å². The molecule has 0 aliphatic carbocycles. The molecule has 0 aliphatic heterocycles. The van der Waals surface area contributed by atoms with Crippen LogP contribution in [0, 0.1) is 0 Å². The molecule has 7 nitrogen and oxygen atoms in total. The van der Waals surface area contributed by atoms with Crippen molar-refractivity contribution in [1.82, 2.24) is 18.7 Å². The summed E-state index contributed by atoms with van der Waals surface area (Å²) < 4.78 is 34.8. The van der Waals surface area contributed by atoms with E-state index in [4.69, 9.17) is 0 Å². The third-order valence-corrected chi connectivity index (χ3v) is 4.23. The van der Waals surface area contributed by atoms with Crippen molar-refractivity contribution in [3.8, 4) is 0 Å². The molecule has 0 saturated carbocycles. The van der Waals surface area contributed by atoms with Crippen LogP contribution < -0.4 is 4.72 Å². The second-order valence-corrected chi connectivity index (χ2v) is 5.75. The van der Waals surface area contributed by atoms with Gasteiger partial charge < -0.3 is 0 Å². The van der Waals surface area contributed by atoms with Gasteiger partial charge in [0, 0.05) is 12.4 Å². The molecule has 2 heterocycles. The molecule has 0 saturated heterocycles. The van der Waals surface area contributed by atoms with E-state index in [0.29, 0.717) is 11.0 Å². The lowest BCUT2D eigenvalue weighted by Gasteiger charge is -2.06. The molecule has 9 heteroatoms. The first-order valence-corrected chi connectivity index (χ1v) is 7.39. The number of hydrogen-bond donors (Lipinski definition) is 1. The largest absolute Gasteiger partial charge is 0.266 e. The normalized spacial score (nSPS) is 11.6. The SMILES string of the molecule is O=S(=O)(Nc1ncccn1)c1cccc2nsnc12. The Hall–Kier alpha value is -2.13. The second kappa shape index (κ2) is 4.52. The first-order chi connectivity index (χ1) is 9.17. The van der Waals surface area contributed by atoms with Gasteiger partial charge in [-0.2, -0.15) is 8.75 Å². The molecule has 0 amide bonds. The van der Waals surface area contributed by atoms with E-state index in [2.05, 4.69) is 23.4 Å². The highest BCUT2D eigenvalue weighted by Crippen LogP contribution is 2.22. The Kier molecular flexibility index (Phi) is 2.84. The minimum absolute atomic E-state index is 0.0164. The molecule has 0 fully saturated rings. The smallest absolute Gasteiger partial charge is 0.247 e. The van der Waals surface area contributed by atoms with E-state index in [1.54, 1.807) is 18.2 Å². The van der Waals surface area contributed by atoms with Crippen LogP contribution in [0.4, 0.5) is 5.95 Å². The predicted octanol–water partition coefficient (Wildman–Crippen LogP) is 1.28. The fourth-order valence-electron chi connectivity index (χ4n) is 1.53. The average molecular weight is 293 g/mol. The summed E-state index contributed by atoms with van der Waals surface area (Å²) in [6.45, 7) is 0. The van der Waals surface area contributed by atoms with Crippen molar-refractivity contribution in [1.29, 1.82) is 0 Å². The first kappa shape index (κ1) is 11.9. The highest BCUT2D eigenvalue weighted by Gasteiger charge is 2.20. The minimum atomic E-state index is -3.78. The number of nitrogens with one attached hydrogen (secondary N) is 1. The fraction of sp³-hybridized carbons (Fsp3) is 0. The van der Waals surface area contributed by atoms with Gasteiger partial charge in [0.15, 0.2) is 0 Å². The second-order valence-electron chi connectivity index (χ2n) is 3.57. The summed E-state index contributed by atoms with van der Waals surface area (Å²) in [5.74, 6) is 0.0164. The summed E-state index contributed by atoms with van der Waals surface area (Å²) in [5, 5.41) is 0. The predicted molar refractivity (Wildman–Crippen MR) is 70.3 cm³/mol. The average Bonchev–Trinajstić information content (AvgIpc) is 2.87. The Morgan fingerprint density at radius 3 is 2.63 bits per heavy atom. The van der Waals surface area contributed by atoms with E-state index < -0.39 is 10.0 Å². The summed E-state index contributed by atoms with van der Waals surface area (Å²) in [6, 6.07) is 6.39. The highest BCUT2D eigenvalue weighted by molar-refractivity contribution is 7.93. The molecule has 96 valence electrons. The van der Waals surface area contributed by atoms with Crippen LogP contribution in [0.5, 0.6) is 0 Å². The van der Waals surface area contributed by atoms with Gasteiger partial charge in [-0.1, -0.05) is 6.07 Å². The van der Waals surface area contributed by atoms with Crippen LogP contribution in [-0.4, -0.2) is 27.1 Å². The number of nitrogens with zero attached hydrogens (tertiary/aromatic N) is 4. The third kappa shape index (κ3) is 2.25. The van der Waals surface area contributed by atoms with Crippen molar-refractivity contribution in [2.24, 2.45) is 0 Å². The zero-order chi connectivity index (χ0) is 13.3. The number of benzene rings is 1. The van der Waals surface area contributed by atoms with Crippen LogP contribution in [0.2, 0.25) is 0 Å². The van der Waals surface area contributed by atoms with Crippen molar-refractivity contribution in [2.45, 2.75) is 4.90 Å². The van der Waals surface area contributed by atoms with Gasteiger partial charge in [0.05, 0.1) is 11.7 Å². The van der Waals surface area contributed by atoms with Gasteiger partial charge in [0.1, 0.15) is 15.9 Å². The molecule has 3 rings (SSSR count). The van der Waals surface area contributed by atoms with Crippen molar-refractivity contribution >= 4 is 38.7 Å². The van der Waals surface area contributed by atoms with Crippen LogP contribution in [0.3, 0.4) is 0 Å². The van der Waals surface area contributed by atoms with Gasteiger partial charge in [0.25, 0.3) is 10.0 Å². The summed E-state index contributed by atoms with van der Waals surface area (Å²) in [6.07, 6.45) is 2.91. The molecule has 0 unspecified atom stereocenters. The van der Waals surface area contributed by atoms with Gasteiger partial charge in [-0.15, -0.1) is 0 Å². The number of aromatic nitrogens is 4. The maximum Gasteiger partial charge on any atom is 0.266 e. The van der Waals surface area contributed by atoms with E-state index in [-0.39, 0.29) is 10.8 Å². The molecule has 19 heavy (non-hydrogen) atoms. The zero-order valence-electron chi connectivity index (χ0n) is 9.39. The number of sulfonamides is 1. The molecule has 0 spiro atoms. The molecule has 0 aliphatic rings. The van der Waals surface area contributed by atoms with Gasteiger partial charge in [0.2, 0.25) is 5.95 Å². The zero-order valence-corrected chi connectivity index (χ0v) is 11.0. The van der Waals surface area contributed by atoms with Crippen LogP contribution in [0.25, 0.3) is 11.0 Å². The van der Waals surface area contributed by atoms with E-state index in [1.807, 2.05) is 0 Å². The Labute approximate surface area is 112 Å². The highest BCUT2D eigenvalue weighted by atomic mass is 32.2. The fourth-order valence-corrected chi connectivity index (χ4v) is 3.25. The lowest BCUT2D eigenvalue weighted by molar-refractivity contribution is 0.601. The molecule has 2 aromatic heterocycles. The quantitative estimate of drug-likeness (QED) is 0.781. The Bertz CT molecular complexity index is 816. The van der Waals surface area contributed by atoms with Crippen molar-refractivity contribution in [3.05, 3.63) is 36.7 Å². The van der Waals surface area contributed by atoms with Gasteiger partial charge in [-0.3, -0.25) is 0 Å². The van der Waals surface area contributed by atoms with Crippen LogP contribution in [0.1, 0.15) is 0 Å². The van der Waals surface area contributed by atoms with Crippen molar-refractivity contribution in [2.75, 3.05) is 4.72 Å². The van der Waals surface area contributed by atoms with E-state index >= 15 is 0 Å². The van der Waals surface area contributed by atoms with Crippen LogP contribution in [-0.2, 0) is 10.0 Å². The van der Waals surface area contributed by atoms with Gasteiger partial charge in [-0.05, 0) is 18.2 Å². The number of hydrogen-bond acceptors (Lipinski definition) is 7. The number of fused-ring (bicyclic) bond motifs is 1. The first-order valence-electron chi connectivity index (χ1n) is 5.18. The molecule has 0 atom stereocenters. The van der Waals surface area contributed by atoms with Gasteiger partial charge in [-0.25, -0.2) is 23.1 Å². The summed E-state index contributed by atoms with van der Waals surface area (Å²) in [4.78, 5) is 7.71. The lowest BCUT2D eigenvalue weighted by atomic mass is 10.3. The van der Waals surface area contributed by atoms with E-state index in [9.17, 15) is 8.42 Å². The molecule has 0 bridgehead atoms. The summed E-state index contributed by atoms with van der Waals surface area (Å²) in [5.41, 5.74) is 0.887. The Morgan fingerprint density at radius 2 is 1.84 bits per heavy atom. The van der Waals surface area contributed by atoms with E-state index in [0.717, 1.165) is 11.7 Å². The standard InChI is InChI=1S/C10H7N5O2S2/c16-19(17,15-10-11-5-2-6-12-10)8-4-1-3-7-9(8)14-18-13-7/h1-6H,(H,11,12,15). The molecule has 1 N–H and O–H groups in total. The molecule has 3 aromatic rings. The lowest BCUT2D eigenvalue weighted by Crippen LogP contribution is -2.15. The Balaban J connectivity index is 2.08. The third-order valence-electron chi connectivity index (χ3n) is 2.33. The minimum Gasteiger partial charge on any atom is -0.247 e. The van der Waals surface area contributed by atoms with Crippen LogP contribution in [0.15, 0.2) is 41.6 Å². The summed E-state index contributed by atoms with van der Waals surface area (Å²) >= 11 is 0.966. The summed E-state index contributed by atoms with van der Waals surface area (Å²) in [7, 11) is -3.78. The molecular formula is C10H7N5O2S2. The monoisotopic (exact) mass is 293 g/mol.